The molecule has 1 aromatic rings. The summed E-state index contributed by atoms with van der Waals surface area (Å²) in [5.74, 6) is 1.01. The maximum absolute atomic E-state index is 5.47. The molecular formula is C8H17ClN6. The number of nitrogen functional groups attached to an aromatic ring is 2. The molecule has 0 amide bonds. The molecule has 0 unspecified atom stereocenters. The smallest absolute Gasteiger partial charge is 0.225 e. The molecule has 0 aliphatic rings. The lowest BCUT2D eigenvalue weighted by Crippen LogP contribution is -3.00. The highest BCUT2D eigenvalue weighted by molar-refractivity contribution is 5.25. The van der Waals surface area contributed by atoms with E-state index in [0.717, 1.165) is 11.0 Å². The fourth-order valence-electron chi connectivity index (χ4n) is 1.02. The fourth-order valence-corrected chi connectivity index (χ4v) is 1.02. The molecule has 0 spiro atoms. The molecule has 0 fully saturated rings. The maximum atomic E-state index is 5.47. The van der Waals surface area contributed by atoms with Crippen molar-refractivity contribution in [1.82, 2.24) is 15.0 Å². The summed E-state index contributed by atoms with van der Waals surface area (Å²) in [4.78, 5) is 11.8. The highest BCUT2D eigenvalue weighted by Crippen LogP contribution is 2.06. The molecule has 0 saturated carbocycles. The molecule has 0 saturated heterocycles. The summed E-state index contributed by atoms with van der Waals surface area (Å²) in [6.07, 6.45) is 0. The van der Waals surface area contributed by atoms with Crippen LogP contribution in [0.5, 0.6) is 0 Å². The molecule has 86 valence electrons. The van der Waals surface area contributed by atoms with Crippen molar-refractivity contribution < 1.29 is 16.9 Å². The Morgan fingerprint density at radius 3 is 1.93 bits per heavy atom. The Kier molecular flexibility index (Phi) is 4.70. The zero-order valence-corrected chi connectivity index (χ0v) is 9.99. The van der Waals surface area contributed by atoms with E-state index in [1.165, 1.54) is 0 Å². The minimum absolute atomic E-state index is 0. The summed E-state index contributed by atoms with van der Waals surface area (Å²) in [5, 5.41) is 0. The molecule has 4 N–H and O–H groups in total. The monoisotopic (exact) mass is 232 g/mol. The number of rotatable bonds is 3. The van der Waals surface area contributed by atoms with E-state index in [-0.39, 0.29) is 24.3 Å². The number of anilines is 2. The van der Waals surface area contributed by atoms with Gasteiger partial charge in [-0.1, -0.05) is 0 Å². The predicted octanol–water partition coefficient (Wildman–Crippen LogP) is -3.36. The van der Waals surface area contributed by atoms with Crippen LogP contribution in [0.25, 0.3) is 0 Å². The zero-order chi connectivity index (χ0) is 10.8. The van der Waals surface area contributed by atoms with E-state index in [9.17, 15) is 0 Å². The lowest BCUT2D eigenvalue weighted by molar-refractivity contribution is -0.902. The predicted molar refractivity (Wildman–Crippen MR) is 55.0 cm³/mol. The Morgan fingerprint density at radius 2 is 1.53 bits per heavy atom. The number of nitrogens with two attached hydrogens (primary N) is 2. The Hall–Kier alpha value is -1.14. The van der Waals surface area contributed by atoms with Crippen molar-refractivity contribution in [2.75, 3.05) is 32.1 Å². The summed E-state index contributed by atoms with van der Waals surface area (Å²) in [6.45, 7) is 3.80. The summed E-state index contributed by atoms with van der Waals surface area (Å²) in [7, 11) is 4.19. The Balaban J connectivity index is 0.00000196. The zero-order valence-electron chi connectivity index (χ0n) is 9.24. The largest absolute Gasteiger partial charge is 1.00 e. The molecule has 0 bridgehead atoms. The summed E-state index contributed by atoms with van der Waals surface area (Å²) >= 11 is 0. The normalized spacial score (nSPS) is 10.9. The second-order valence-electron chi connectivity index (χ2n) is 3.88. The second kappa shape index (κ2) is 5.09. The first-order valence-electron chi connectivity index (χ1n) is 4.51. The number of hydrogen-bond acceptors (Lipinski definition) is 5. The first-order chi connectivity index (χ1) is 6.43. The molecule has 0 atom stereocenters. The van der Waals surface area contributed by atoms with Gasteiger partial charge in [0.05, 0.1) is 20.6 Å². The molecule has 0 aliphatic carbocycles. The van der Waals surface area contributed by atoms with Gasteiger partial charge in [-0.3, -0.25) is 0 Å². The molecule has 1 aromatic heterocycles. The van der Waals surface area contributed by atoms with Crippen LogP contribution in [0.2, 0.25) is 0 Å². The third-order valence-electron chi connectivity index (χ3n) is 2.14. The van der Waals surface area contributed by atoms with Gasteiger partial charge in [-0.2, -0.15) is 15.0 Å². The van der Waals surface area contributed by atoms with Gasteiger partial charge in [-0.15, -0.1) is 0 Å². The van der Waals surface area contributed by atoms with Gasteiger partial charge in [0.2, 0.25) is 11.9 Å². The second-order valence-corrected chi connectivity index (χ2v) is 3.88. The number of hydrogen-bond donors (Lipinski definition) is 2. The standard InChI is InChI=1S/C8H17N6.ClH/c1-4-14(2,3)5-6-11-7(9)13-8(10)12-6;/h4-5H2,1-3H3,(H4,9,10,11,12,13);1H/q+1;/p-1. The van der Waals surface area contributed by atoms with Gasteiger partial charge in [0.15, 0.2) is 5.82 Å². The minimum Gasteiger partial charge on any atom is -1.00 e. The van der Waals surface area contributed by atoms with Crippen LogP contribution in [0.1, 0.15) is 12.7 Å². The lowest BCUT2D eigenvalue weighted by Gasteiger charge is -2.27. The molecule has 7 heteroatoms. The van der Waals surface area contributed by atoms with Gasteiger partial charge in [-0.25, -0.2) is 0 Å². The van der Waals surface area contributed by atoms with Crippen molar-refractivity contribution in [1.29, 1.82) is 0 Å². The number of nitrogens with zero attached hydrogens (tertiary/aromatic N) is 4. The third kappa shape index (κ3) is 4.26. The molecule has 1 rings (SSSR count). The Bertz CT molecular complexity index is 307. The van der Waals surface area contributed by atoms with Crippen LogP contribution in [-0.4, -0.2) is 40.1 Å². The Morgan fingerprint density at radius 1 is 1.07 bits per heavy atom. The van der Waals surface area contributed by atoms with E-state index in [4.69, 9.17) is 11.5 Å². The van der Waals surface area contributed by atoms with Crippen LogP contribution in [0.3, 0.4) is 0 Å². The molecule has 0 radical (unpaired) electrons. The van der Waals surface area contributed by atoms with Crippen molar-refractivity contribution >= 4 is 11.9 Å². The van der Waals surface area contributed by atoms with E-state index in [1.54, 1.807) is 0 Å². The highest BCUT2D eigenvalue weighted by Gasteiger charge is 2.15. The number of halogens is 1. The van der Waals surface area contributed by atoms with Crippen LogP contribution in [0.4, 0.5) is 11.9 Å². The van der Waals surface area contributed by atoms with Crippen molar-refractivity contribution in [2.45, 2.75) is 13.5 Å². The van der Waals surface area contributed by atoms with Crippen molar-refractivity contribution in [3.63, 3.8) is 0 Å². The SMILES string of the molecule is CC[N+](C)(C)Cc1nc(N)nc(N)n1.[Cl-]. The molecule has 15 heavy (non-hydrogen) atoms. The maximum Gasteiger partial charge on any atom is 0.225 e. The van der Waals surface area contributed by atoms with Gasteiger partial charge in [0, 0.05) is 0 Å². The first-order valence-corrected chi connectivity index (χ1v) is 4.51. The van der Waals surface area contributed by atoms with E-state index >= 15 is 0 Å². The topological polar surface area (TPSA) is 90.7 Å². The van der Waals surface area contributed by atoms with E-state index in [2.05, 4.69) is 36.0 Å². The summed E-state index contributed by atoms with van der Waals surface area (Å²) in [5.41, 5.74) is 10.9. The van der Waals surface area contributed by atoms with Crippen molar-refractivity contribution in [3.05, 3.63) is 5.82 Å². The summed E-state index contributed by atoms with van der Waals surface area (Å²) < 4.78 is 0.795. The quantitative estimate of drug-likeness (QED) is 0.531. The summed E-state index contributed by atoms with van der Waals surface area (Å²) in [6, 6.07) is 0. The van der Waals surface area contributed by atoms with Crippen LogP contribution < -0.4 is 23.9 Å². The average molecular weight is 233 g/mol. The molecular weight excluding hydrogens is 216 g/mol. The molecule has 0 aromatic carbocycles. The Labute approximate surface area is 95.7 Å². The van der Waals surface area contributed by atoms with E-state index in [1.807, 2.05) is 0 Å². The number of aromatic nitrogens is 3. The van der Waals surface area contributed by atoms with Gasteiger partial charge in [-0.05, 0) is 6.92 Å². The van der Waals surface area contributed by atoms with Crippen LogP contribution in [0, 0.1) is 0 Å². The highest BCUT2D eigenvalue weighted by atomic mass is 35.5. The van der Waals surface area contributed by atoms with Crippen molar-refractivity contribution in [3.8, 4) is 0 Å². The van der Waals surface area contributed by atoms with Crippen LogP contribution >= 0.6 is 0 Å². The molecule has 6 nitrogen and oxygen atoms in total. The van der Waals surface area contributed by atoms with Crippen LogP contribution in [-0.2, 0) is 6.54 Å². The lowest BCUT2D eigenvalue weighted by atomic mass is 10.4. The fraction of sp³-hybridized carbons (Fsp3) is 0.625. The van der Waals surface area contributed by atoms with Crippen molar-refractivity contribution in [2.24, 2.45) is 0 Å². The van der Waals surface area contributed by atoms with Gasteiger partial charge in [0.25, 0.3) is 0 Å². The van der Waals surface area contributed by atoms with Crippen LogP contribution in [0.15, 0.2) is 0 Å². The van der Waals surface area contributed by atoms with E-state index < -0.39 is 0 Å². The van der Waals surface area contributed by atoms with E-state index in [0.29, 0.717) is 12.4 Å². The average Bonchev–Trinajstić information content (AvgIpc) is 2.01. The molecule has 1 heterocycles. The molecule has 0 aliphatic heterocycles. The number of quaternary nitrogens is 1. The van der Waals surface area contributed by atoms with Gasteiger partial charge >= 0.3 is 0 Å². The minimum atomic E-state index is 0. The van der Waals surface area contributed by atoms with Gasteiger partial charge < -0.3 is 28.4 Å². The first kappa shape index (κ1) is 13.9. The van der Waals surface area contributed by atoms with Gasteiger partial charge in [0.1, 0.15) is 6.54 Å². The third-order valence-corrected chi connectivity index (χ3v) is 2.14.